The maximum atomic E-state index is 12.6. The van der Waals surface area contributed by atoms with Crippen molar-refractivity contribution in [2.75, 3.05) is 26.2 Å². The molecule has 1 aliphatic rings. The molecule has 7 nitrogen and oxygen atoms in total. The molecule has 2 N–H and O–H groups in total. The molecule has 1 atom stereocenters. The van der Waals surface area contributed by atoms with E-state index in [4.69, 9.17) is 5.11 Å². The van der Waals surface area contributed by atoms with Gasteiger partial charge in [-0.15, -0.1) is 0 Å². The molecule has 0 radical (unpaired) electrons. The molecule has 3 rings (SSSR count). The van der Waals surface area contributed by atoms with Gasteiger partial charge in [0.2, 0.25) is 11.8 Å². The third-order valence-electron chi connectivity index (χ3n) is 5.05. The molecule has 0 spiro atoms. The predicted molar refractivity (Wildman–Crippen MR) is 101 cm³/mol. The van der Waals surface area contributed by atoms with Crippen LogP contribution < -0.4 is 0 Å². The van der Waals surface area contributed by atoms with Crippen molar-refractivity contribution in [2.45, 2.75) is 26.2 Å². The summed E-state index contributed by atoms with van der Waals surface area (Å²) in [6.07, 6.45) is 2.45. The first-order valence-electron chi connectivity index (χ1n) is 9.26. The second-order valence-corrected chi connectivity index (χ2v) is 7.21. The first-order chi connectivity index (χ1) is 12.9. The topological polar surface area (TPSA) is 93.7 Å². The van der Waals surface area contributed by atoms with E-state index in [2.05, 4.69) is 4.98 Å². The highest BCUT2D eigenvalue weighted by Crippen LogP contribution is 2.19. The number of carbonyl (C=O) groups excluding carboxylic acids is 2. The molecule has 1 aromatic heterocycles. The number of para-hydroxylation sites is 1. The number of aromatic nitrogens is 1. The molecular formula is C20H25N3O4. The third kappa shape index (κ3) is 4.67. The highest BCUT2D eigenvalue weighted by atomic mass is 16.4. The fourth-order valence-corrected chi connectivity index (χ4v) is 3.56. The van der Waals surface area contributed by atoms with Crippen LogP contribution in [0.3, 0.4) is 0 Å². The Morgan fingerprint density at radius 2 is 1.67 bits per heavy atom. The van der Waals surface area contributed by atoms with Crippen molar-refractivity contribution in [1.29, 1.82) is 0 Å². The van der Waals surface area contributed by atoms with E-state index in [0.29, 0.717) is 32.6 Å². The van der Waals surface area contributed by atoms with Gasteiger partial charge in [0.1, 0.15) is 0 Å². The van der Waals surface area contributed by atoms with Gasteiger partial charge in [-0.05, 0) is 17.5 Å². The van der Waals surface area contributed by atoms with Crippen molar-refractivity contribution in [2.24, 2.45) is 5.92 Å². The predicted octanol–water partition coefficient (Wildman–Crippen LogP) is 1.88. The molecule has 1 unspecified atom stereocenters. The molecule has 2 heterocycles. The molecule has 27 heavy (non-hydrogen) atoms. The van der Waals surface area contributed by atoms with Crippen LogP contribution in [-0.2, 0) is 20.8 Å². The van der Waals surface area contributed by atoms with E-state index in [-0.39, 0.29) is 30.6 Å². The number of rotatable bonds is 6. The number of carboxylic acids is 1. The number of H-pyrrole nitrogens is 1. The van der Waals surface area contributed by atoms with Gasteiger partial charge in [0, 0.05) is 56.1 Å². The van der Waals surface area contributed by atoms with E-state index in [9.17, 15) is 14.4 Å². The van der Waals surface area contributed by atoms with Crippen molar-refractivity contribution in [3.8, 4) is 0 Å². The quantitative estimate of drug-likeness (QED) is 0.811. The molecule has 0 saturated carbocycles. The summed E-state index contributed by atoms with van der Waals surface area (Å²) in [7, 11) is 0. The largest absolute Gasteiger partial charge is 0.481 e. The average molecular weight is 371 g/mol. The number of hydrogen-bond donors (Lipinski definition) is 2. The van der Waals surface area contributed by atoms with Crippen LogP contribution in [0.4, 0.5) is 0 Å². The highest BCUT2D eigenvalue weighted by Gasteiger charge is 2.25. The summed E-state index contributed by atoms with van der Waals surface area (Å²) < 4.78 is 0. The first kappa shape index (κ1) is 18.9. The minimum atomic E-state index is -0.886. The van der Waals surface area contributed by atoms with E-state index < -0.39 is 5.97 Å². The second kappa shape index (κ2) is 8.24. The van der Waals surface area contributed by atoms with E-state index in [1.807, 2.05) is 30.5 Å². The van der Waals surface area contributed by atoms with Crippen molar-refractivity contribution in [3.63, 3.8) is 0 Å². The van der Waals surface area contributed by atoms with Gasteiger partial charge < -0.3 is 19.9 Å². The fraction of sp³-hybridized carbons (Fsp3) is 0.450. The van der Waals surface area contributed by atoms with Gasteiger partial charge in [0.15, 0.2) is 0 Å². The van der Waals surface area contributed by atoms with E-state index >= 15 is 0 Å². The van der Waals surface area contributed by atoms with Gasteiger partial charge in [-0.2, -0.15) is 0 Å². The standard InChI is InChI=1S/C20H25N3O4/c1-14(11-20(26)27)10-18(24)22-6-8-23(9-7-22)19(25)12-15-13-21-17-5-3-2-4-16(15)17/h2-5,13-14,21H,6-12H2,1H3,(H,26,27). The van der Waals surface area contributed by atoms with Gasteiger partial charge in [-0.1, -0.05) is 25.1 Å². The lowest BCUT2D eigenvalue weighted by atomic mass is 10.0. The Balaban J connectivity index is 1.50. The maximum absolute atomic E-state index is 12.6. The number of hydrogen-bond acceptors (Lipinski definition) is 3. The zero-order chi connectivity index (χ0) is 19.4. The van der Waals surface area contributed by atoms with Crippen LogP contribution in [0.25, 0.3) is 10.9 Å². The average Bonchev–Trinajstić information content (AvgIpc) is 3.04. The lowest BCUT2D eigenvalue weighted by Gasteiger charge is -2.35. The molecule has 0 bridgehead atoms. The monoisotopic (exact) mass is 371 g/mol. The van der Waals surface area contributed by atoms with Crippen molar-refractivity contribution >= 4 is 28.7 Å². The van der Waals surface area contributed by atoms with E-state index in [0.717, 1.165) is 16.5 Å². The summed E-state index contributed by atoms with van der Waals surface area (Å²) in [4.78, 5) is 42.4. The summed E-state index contributed by atoms with van der Waals surface area (Å²) in [6.45, 7) is 3.80. The Kier molecular flexibility index (Phi) is 5.78. The van der Waals surface area contributed by atoms with Crippen LogP contribution in [-0.4, -0.2) is 63.9 Å². The van der Waals surface area contributed by atoms with Crippen LogP contribution in [0.1, 0.15) is 25.3 Å². The van der Waals surface area contributed by atoms with Crippen molar-refractivity contribution < 1.29 is 19.5 Å². The molecule has 2 amide bonds. The minimum absolute atomic E-state index is 0.00515. The molecule has 7 heteroatoms. The normalized spacial score (nSPS) is 15.7. The lowest BCUT2D eigenvalue weighted by molar-refractivity contribution is -0.141. The molecule has 2 aromatic rings. The molecule has 1 aliphatic heterocycles. The number of nitrogens with zero attached hydrogens (tertiary/aromatic N) is 2. The maximum Gasteiger partial charge on any atom is 0.303 e. The minimum Gasteiger partial charge on any atom is -0.481 e. The molecule has 144 valence electrons. The Bertz CT molecular complexity index is 837. The molecule has 1 fully saturated rings. The number of nitrogens with one attached hydrogen (secondary N) is 1. The van der Waals surface area contributed by atoms with Crippen molar-refractivity contribution in [1.82, 2.24) is 14.8 Å². The molecule has 1 saturated heterocycles. The Morgan fingerprint density at radius 3 is 2.33 bits per heavy atom. The molecule has 0 aliphatic carbocycles. The number of carboxylic acid groups (broad SMARTS) is 1. The summed E-state index contributed by atoms with van der Waals surface area (Å²) in [5, 5.41) is 9.87. The fourth-order valence-electron chi connectivity index (χ4n) is 3.56. The number of benzene rings is 1. The van der Waals surface area contributed by atoms with Gasteiger partial charge in [-0.25, -0.2) is 0 Å². The smallest absolute Gasteiger partial charge is 0.303 e. The summed E-state index contributed by atoms with van der Waals surface area (Å²) in [6, 6.07) is 7.90. The Morgan fingerprint density at radius 1 is 1.04 bits per heavy atom. The van der Waals surface area contributed by atoms with Crippen LogP contribution >= 0.6 is 0 Å². The van der Waals surface area contributed by atoms with Crippen LogP contribution in [0.15, 0.2) is 30.5 Å². The second-order valence-electron chi connectivity index (χ2n) is 7.21. The van der Waals surface area contributed by atoms with Crippen LogP contribution in [0.2, 0.25) is 0 Å². The number of amides is 2. The zero-order valence-corrected chi connectivity index (χ0v) is 15.5. The summed E-state index contributed by atoms with van der Waals surface area (Å²) in [5.74, 6) is -1.04. The third-order valence-corrected chi connectivity index (χ3v) is 5.05. The van der Waals surface area contributed by atoms with E-state index in [1.54, 1.807) is 16.7 Å². The van der Waals surface area contributed by atoms with Crippen LogP contribution in [0, 0.1) is 5.92 Å². The first-order valence-corrected chi connectivity index (χ1v) is 9.26. The lowest BCUT2D eigenvalue weighted by Crippen LogP contribution is -2.51. The van der Waals surface area contributed by atoms with Gasteiger partial charge in [0.25, 0.3) is 0 Å². The number of carbonyl (C=O) groups is 3. The zero-order valence-electron chi connectivity index (χ0n) is 15.5. The number of aromatic amines is 1. The number of piperazine rings is 1. The van der Waals surface area contributed by atoms with Crippen LogP contribution in [0.5, 0.6) is 0 Å². The highest BCUT2D eigenvalue weighted by molar-refractivity contribution is 5.89. The van der Waals surface area contributed by atoms with Gasteiger partial charge in [0.05, 0.1) is 6.42 Å². The Hall–Kier alpha value is -2.83. The Labute approximate surface area is 157 Å². The van der Waals surface area contributed by atoms with Crippen molar-refractivity contribution in [3.05, 3.63) is 36.0 Å². The van der Waals surface area contributed by atoms with Gasteiger partial charge >= 0.3 is 5.97 Å². The number of fused-ring (bicyclic) bond motifs is 1. The summed E-state index contributed by atoms with van der Waals surface area (Å²) in [5.41, 5.74) is 2.00. The molecular weight excluding hydrogens is 346 g/mol. The number of aliphatic carboxylic acids is 1. The van der Waals surface area contributed by atoms with Gasteiger partial charge in [-0.3, -0.25) is 14.4 Å². The SMILES string of the molecule is CC(CC(=O)O)CC(=O)N1CCN(C(=O)Cc2c[nH]c3ccccc23)CC1. The summed E-state index contributed by atoms with van der Waals surface area (Å²) >= 11 is 0. The molecule has 1 aromatic carbocycles. The van der Waals surface area contributed by atoms with E-state index in [1.165, 1.54) is 0 Å².